The number of carbonyl (C=O) groups excluding carboxylic acids is 1. The summed E-state index contributed by atoms with van der Waals surface area (Å²) in [6.45, 7) is 1.66. The maximum Gasteiger partial charge on any atom is 0.285 e. The van der Waals surface area contributed by atoms with Crippen molar-refractivity contribution >= 4 is 33.2 Å². The number of hydrogen-bond donors (Lipinski definition) is 2. The van der Waals surface area contributed by atoms with Gasteiger partial charge in [0.05, 0.1) is 9.40 Å². The van der Waals surface area contributed by atoms with Crippen molar-refractivity contribution < 1.29 is 9.72 Å². The van der Waals surface area contributed by atoms with Gasteiger partial charge in [0, 0.05) is 17.7 Å². The van der Waals surface area contributed by atoms with E-state index in [1.165, 1.54) is 6.07 Å². The van der Waals surface area contributed by atoms with E-state index in [9.17, 15) is 14.9 Å². The van der Waals surface area contributed by atoms with Crippen LogP contribution >= 0.6 is 15.9 Å². The molecule has 7 heteroatoms. The highest BCUT2D eigenvalue weighted by molar-refractivity contribution is 9.10. The van der Waals surface area contributed by atoms with E-state index in [0.717, 1.165) is 25.9 Å². The first-order valence-corrected chi connectivity index (χ1v) is 6.83. The van der Waals surface area contributed by atoms with Crippen LogP contribution in [0.5, 0.6) is 0 Å². The number of hydrogen-bond acceptors (Lipinski definition) is 4. The molecule has 0 radical (unpaired) electrons. The predicted octanol–water partition coefficient (Wildman–Crippen LogP) is 2.30. The van der Waals surface area contributed by atoms with Gasteiger partial charge in [0.2, 0.25) is 5.91 Å². The van der Waals surface area contributed by atoms with Gasteiger partial charge in [-0.1, -0.05) is 0 Å². The fourth-order valence-corrected chi connectivity index (χ4v) is 2.45. The summed E-state index contributed by atoms with van der Waals surface area (Å²) in [5.74, 6) is -0.0953. The standard InChI is InChI=1S/C12H14BrN3O3/c13-10-2-1-9(7-11(10)16(18)19)15-12(17)8-3-5-14-6-4-8/h1-2,7-8,14H,3-6H2,(H,15,17). The minimum absolute atomic E-state index is 0.0241. The first kappa shape index (κ1) is 14.0. The number of amides is 1. The normalized spacial score (nSPS) is 16.1. The lowest BCUT2D eigenvalue weighted by Gasteiger charge is -2.21. The highest BCUT2D eigenvalue weighted by Crippen LogP contribution is 2.28. The summed E-state index contributed by atoms with van der Waals surface area (Å²) in [4.78, 5) is 22.3. The molecule has 2 N–H and O–H groups in total. The summed E-state index contributed by atoms with van der Waals surface area (Å²) in [6, 6.07) is 4.58. The van der Waals surface area contributed by atoms with Gasteiger partial charge in [-0.2, -0.15) is 0 Å². The van der Waals surface area contributed by atoms with Crippen molar-refractivity contribution in [2.24, 2.45) is 5.92 Å². The van der Waals surface area contributed by atoms with E-state index in [0.29, 0.717) is 10.2 Å². The minimum Gasteiger partial charge on any atom is -0.326 e. The molecule has 1 amide bonds. The van der Waals surface area contributed by atoms with Crippen LogP contribution in [-0.4, -0.2) is 23.9 Å². The molecule has 0 bridgehead atoms. The number of halogens is 1. The van der Waals surface area contributed by atoms with Crippen LogP contribution in [0.3, 0.4) is 0 Å². The Hall–Kier alpha value is -1.47. The van der Waals surface area contributed by atoms with Gasteiger partial charge in [-0.25, -0.2) is 0 Å². The van der Waals surface area contributed by atoms with Gasteiger partial charge < -0.3 is 10.6 Å². The lowest BCUT2D eigenvalue weighted by atomic mass is 9.97. The Bertz CT molecular complexity index is 501. The molecule has 0 spiro atoms. The zero-order valence-corrected chi connectivity index (χ0v) is 11.8. The number of benzene rings is 1. The molecule has 1 fully saturated rings. The van der Waals surface area contributed by atoms with Gasteiger partial charge in [0.25, 0.3) is 5.69 Å². The molecule has 19 heavy (non-hydrogen) atoms. The number of rotatable bonds is 3. The second-order valence-corrected chi connectivity index (χ2v) is 5.29. The summed E-state index contributed by atoms with van der Waals surface area (Å²) in [5, 5.41) is 16.7. The summed E-state index contributed by atoms with van der Waals surface area (Å²) in [6.07, 6.45) is 1.59. The molecule has 1 aromatic carbocycles. The number of nitrogens with one attached hydrogen (secondary N) is 2. The van der Waals surface area contributed by atoms with Gasteiger partial charge in [0.1, 0.15) is 0 Å². The van der Waals surface area contributed by atoms with Crippen molar-refractivity contribution in [1.29, 1.82) is 0 Å². The number of nitro groups is 1. The molecule has 102 valence electrons. The zero-order chi connectivity index (χ0) is 13.8. The van der Waals surface area contributed by atoms with Gasteiger partial charge in [-0.05, 0) is 54.0 Å². The smallest absolute Gasteiger partial charge is 0.285 e. The lowest BCUT2D eigenvalue weighted by molar-refractivity contribution is -0.385. The number of piperidine rings is 1. The molecule has 0 atom stereocenters. The molecule has 6 nitrogen and oxygen atoms in total. The van der Waals surface area contributed by atoms with Crippen molar-refractivity contribution in [3.05, 3.63) is 32.8 Å². The fraction of sp³-hybridized carbons (Fsp3) is 0.417. The van der Waals surface area contributed by atoms with E-state index in [-0.39, 0.29) is 17.5 Å². The Morgan fingerprint density at radius 3 is 2.74 bits per heavy atom. The number of nitro benzene ring substituents is 1. The van der Waals surface area contributed by atoms with Crippen molar-refractivity contribution in [1.82, 2.24) is 5.32 Å². The number of nitrogens with zero attached hydrogens (tertiary/aromatic N) is 1. The van der Waals surface area contributed by atoms with Crippen LogP contribution in [-0.2, 0) is 4.79 Å². The third-order valence-corrected chi connectivity index (χ3v) is 3.79. The van der Waals surface area contributed by atoms with Crippen LogP contribution in [0.25, 0.3) is 0 Å². The van der Waals surface area contributed by atoms with Crippen LogP contribution in [0.15, 0.2) is 22.7 Å². The van der Waals surface area contributed by atoms with Gasteiger partial charge >= 0.3 is 0 Å². The van der Waals surface area contributed by atoms with Gasteiger partial charge in [-0.3, -0.25) is 14.9 Å². The highest BCUT2D eigenvalue weighted by Gasteiger charge is 2.21. The largest absolute Gasteiger partial charge is 0.326 e. The second kappa shape index (κ2) is 6.12. The van der Waals surface area contributed by atoms with Crippen LogP contribution in [0, 0.1) is 16.0 Å². The lowest BCUT2D eigenvalue weighted by Crippen LogP contribution is -2.34. The Labute approximate surface area is 118 Å². The van der Waals surface area contributed by atoms with Crippen molar-refractivity contribution in [3.8, 4) is 0 Å². The van der Waals surface area contributed by atoms with E-state index >= 15 is 0 Å². The highest BCUT2D eigenvalue weighted by atomic mass is 79.9. The Morgan fingerprint density at radius 2 is 2.11 bits per heavy atom. The van der Waals surface area contributed by atoms with Gasteiger partial charge in [-0.15, -0.1) is 0 Å². The first-order valence-electron chi connectivity index (χ1n) is 6.03. The molecule has 1 aliphatic rings. The molecule has 0 unspecified atom stereocenters. The van der Waals surface area contributed by atoms with Gasteiger partial charge in [0.15, 0.2) is 0 Å². The molecule has 0 aromatic heterocycles. The van der Waals surface area contributed by atoms with Crippen LogP contribution in [0.4, 0.5) is 11.4 Å². The Balaban J connectivity index is 2.08. The molecule has 1 aliphatic heterocycles. The molecule has 1 heterocycles. The van der Waals surface area contributed by atoms with E-state index in [1.54, 1.807) is 12.1 Å². The topological polar surface area (TPSA) is 84.3 Å². The monoisotopic (exact) mass is 327 g/mol. The van der Waals surface area contributed by atoms with Crippen molar-refractivity contribution in [2.45, 2.75) is 12.8 Å². The summed E-state index contributed by atoms with van der Waals surface area (Å²) in [5.41, 5.74) is 0.404. The fourth-order valence-electron chi connectivity index (χ4n) is 2.06. The average molecular weight is 328 g/mol. The molecule has 1 aromatic rings. The third-order valence-electron chi connectivity index (χ3n) is 3.12. The number of anilines is 1. The predicted molar refractivity (Wildman–Crippen MR) is 75.0 cm³/mol. The molecular weight excluding hydrogens is 314 g/mol. The maximum absolute atomic E-state index is 12.0. The van der Waals surface area contributed by atoms with E-state index in [2.05, 4.69) is 26.6 Å². The Morgan fingerprint density at radius 1 is 1.42 bits per heavy atom. The van der Waals surface area contributed by atoms with Crippen LogP contribution < -0.4 is 10.6 Å². The average Bonchev–Trinajstić information content (AvgIpc) is 2.41. The second-order valence-electron chi connectivity index (χ2n) is 4.44. The first-order chi connectivity index (χ1) is 9.08. The summed E-state index contributed by atoms with van der Waals surface area (Å²) in [7, 11) is 0. The van der Waals surface area contributed by atoms with Crippen molar-refractivity contribution in [2.75, 3.05) is 18.4 Å². The maximum atomic E-state index is 12.0. The zero-order valence-electron chi connectivity index (χ0n) is 10.2. The van der Waals surface area contributed by atoms with E-state index in [4.69, 9.17) is 0 Å². The molecule has 0 aliphatic carbocycles. The van der Waals surface area contributed by atoms with Crippen molar-refractivity contribution in [3.63, 3.8) is 0 Å². The summed E-state index contributed by atoms with van der Waals surface area (Å²) >= 11 is 3.11. The minimum atomic E-state index is -0.482. The Kier molecular flexibility index (Phi) is 4.49. The quantitative estimate of drug-likeness (QED) is 0.659. The number of carbonyl (C=O) groups is 1. The third kappa shape index (κ3) is 3.51. The van der Waals surface area contributed by atoms with E-state index in [1.807, 2.05) is 0 Å². The molecule has 0 saturated carbocycles. The van der Waals surface area contributed by atoms with Crippen LogP contribution in [0.2, 0.25) is 0 Å². The molecule has 2 rings (SSSR count). The van der Waals surface area contributed by atoms with Crippen LogP contribution in [0.1, 0.15) is 12.8 Å². The summed E-state index contributed by atoms with van der Waals surface area (Å²) < 4.78 is 0.400. The van der Waals surface area contributed by atoms with E-state index < -0.39 is 4.92 Å². The molecule has 1 saturated heterocycles. The molecular formula is C12H14BrN3O3. The SMILES string of the molecule is O=C(Nc1ccc(Br)c([N+](=O)[O-])c1)C1CCNCC1.